The van der Waals surface area contributed by atoms with Gasteiger partial charge in [0, 0.05) is 16.5 Å². The van der Waals surface area contributed by atoms with E-state index >= 15 is 0 Å². The zero-order valence-corrected chi connectivity index (χ0v) is 16.5. The lowest BCUT2D eigenvalue weighted by Gasteiger charge is -2.14. The first-order valence-electron chi connectivity index (χ1n) is 9.23. The number of nitrogens with one attached hydrogen (secondary N) is 1. The fourth-order valence-corrected chi connectivity index (χ4v) is 3.56. The van der Waals surface area contributed by atoms with Gasteiger partial charge in [-0.15, -0.1) is 0 Å². The quantitative estimate of drug-likeness (QED) is 0.540. The van der Waals surface area contributed by atoms with E-state index in [9.17, 15) is 4.79 Å². The topological polar surface area (TPSA) is 55.0 Å². The van der Waals surface area contributed by atoms with Crippen molar-refractivity contribution in [2.45, 2.75) is 20.8 Å². The highest BCUT2D eigenvalue weighted by atomic mass is 16.5. The van der Waals surface area contributed by atoms with Gasteiger partial charge < -0.3 is 9.72 Å². The van der Waals surface area contributed by atoms with Crippen molar-refractivity contribution < 1.29 is 4.74 Å². The molecule has 0 unspecified atom stereocenters. The average molecular weight is 370 g/mol. The van der Waals surface area contributed by atoms with Crippen LogP contribution in [0.2, 0.25) is 0 Å². The number of ether oxygens (including phenoxy) is 1. The van der Waals surface area contributed by atoms with Crippen LogP contribution in [0.15, 0.2) is 59.4 Å². The molecule has 2 aromatic heterocycles. The van der Waals surface area contributed by atoms with Crippen LogP contribution in [0.3, 0.4) is 0 Å². The fourth-order valence-electron chi connectivity index (χ4n) is 3.56. The molecule has 0 aliphatic rings. The van der Waals surface area contributed by atoms with Crippen LogP contribution in [-0.4, -0.2) is 17.1 Å². The van der Waals surface area contributed by atoms with Gasteiger partial charge in [0.1, 0.15) is 5.75 Å². The van der Waals surface area contributed by atoms with Gasteiger partial charge in [-0.25, -0.2) is 4.98 Å². The van der Waals surface area contributed by atoms with Crippen LogP contribution < -0.4 is 10.3 Å². The normalized spacial score (nSPS) is 11.0. The van der Waals surface area contributed by atoms with E-state index in [0.717, 1.165) is 39.0 Å². The number of nitrogens with zero attached hydrogens (tertiary/aromatic N) is 1. The van der Waals surface area contributed by atoms with Crippen LogP contribution in [0.4, 0.5) is 0 Å². The monoisotopic (exact) mass is 370 g/mol. The van der Waals surface area contributed by atoms with E-state index in [1.807, 2.05) is 32.0 Å². The van der Waals surface area contributed by atoms with Gasteiger partial charge in [0.25, 0.3) is 5.56 Å². The van der Waals surface area contributed by atoms with Crippen LogP contribution in [0, 0.1) is 20.8 Å². The summed E-state index contributed by atoms with van der Waals surface area (Å²) < 4.78 is 5.66. The minimum Gasteiger partial charge on any atom is -0.494 e. The second kappa shape index (κ2) is 6.97. The number of rotatable bonds is 3. The van der Waals surface area contributed by atoms with Gasteiger partial charge in [0.05, 0.1) is 24.1 Å². The van der Waals surface area contributed by atoms with Gasteiger partial charge in [-0.05, 0) is 50.1 Å². The van der Waals surface area contributed by atoms with Gasteiger partial charge in [-0.3, -0.25) is 4.79 Å². The minimum atomic E-state index is -0.138. The Hall–Kier alpha value is -3.40. The maximum Gasteiger partial charge on any atom is 0.257 e. The highest BCUT2D eigenvalue weighted by Gasteiger charge is 2.16. The van der Waals surface area contributed by atoms with Gasteiger partial charge in [-0.1, -0.05) is 42.0 Å². The minimum absolute atomic E-state index is 0.138. The molecule has 0 radical (unpaired) electrons. The predicted octanol–water partition coefficient (Wildman–Crippen LogP) is 5.19. The Kier molecular flexibility index (Phi) is 4.47. The molecule has 0 saturated carbocycles. The van der Waals surface area contributed by atoms with Gasteiger partial charge in [-0.2, -0.15) is 0 Å². The smallest absolute Gasteiger partial charge is 0.257 e. The van der Waals surface area contributed by atoms with Crippen molar-refractivity contribution in [3.63, 3.8) is 0 Å². The second-order valence-corrected chi connectivity index (χ2v) is 7.09. The molecule has 0 bridgehead atoms. The summed E-state index contributed by atoms with van der Waals surface area (Å²) in [5.41, 5.74) is 6.13. The SMILES string of the molecule is COc1c(C)nc(-c2ccc(C)[nH]c2=O)c2ccc(-c3ccc(C)cc3)cc12. The maximum absolute atomic E-state index is 12.5. The number of fused-ring (bicyclic) bond motifs is 1. The van der Waals surface area contributed by atoms with Crippen LogP contribution in [0.25, 0.3) is 33.2 Å². The molecule has 1 N–H and O–H groups in total. The lowest BCUT2D eigenvalue weighted by Crippen LogP contribution is -2.11. The Morgan fingerprint density at radius 3 is 2.25 bits per heavy atom. The molecule has 0 fully saturated rings. The number of H-pyrrole nitrogens is 1. The van der Waals surface area contributed by atoms with Crippen molar-refractivity contribution in [3.05, 3.63) is 81.9 Å². The summed E-state index contributed by atoms with van der Waals surface area (Å²) in [6.07, 6.45) is 0. The molecular weight excluding hydrogens is 348 g/mol. The maximum atomic E-state index is 12.5. The average Bonchev–Trinajstić information content (AvgIpc) is 2.68. The first-order chi connectivity index (χ1) is 13.5. The van der Waals surface area contributed by atoms with E-state index in [-0.39, 0.29) is 5.56 Å². The van der Waals surface area contributed by atoms with E-state index in [4.69, 9.17) is 9.72 Å². The predicted molar refractivity (Wildman–Crippen MR) is 114 cm³/mol. The van der Waals surface area contributed by atoms with Crippen LogP contribution in [0.5, 0.6) is 5.75 Å². The molecule has 2 aromatic carbocycles. The summed E-state index contributed by atoms with van der Waals surface area (Å²) in [6.45, 7) is 5.85. The van der Waals surface area contributed by atoms with E-state index in [1.54, 1.807) is 7.11 Å². The Labute approximate surface area is 163 Å². The van der Waals surface area contributed by atoms with Gasteiger partial charge >= 0.3 is 0 Å². The summed E-state index contributed by atoms with van der Waals surface area (Å²) >= 11 is 0. The second-order valence-electron chi connectivity index (χ2n) is 7.09. The number of pyridine rings is 2. The molecule has 4 aromatic rings. The number of methoxy groups -OCH3 is 1. The molecule has 0 spiro atoms. The summed E-state index contributed by atoms with van der Waals surface area (Å²) in [6, 6.07) is 18.4. The Morgan fingerprint density at radius 1 is 0.857 bits per heavy atom. The molecule has 2 heterocycles. The molecule has 0 aliphatic heterocycles. The third-order valence-electron chi connectivity index (χ3n) is 5.03. The molecule has 0 aliphatic carbocycles. The number of aromatic nitrogens is 2. The lowest BCUT2D eigenvalue weighted by molar-refractivity contribution is 0.414. The summed E-state index contributed by atoms with van der Waals surface area (Å²) in [5.74, 6) is 0.733. The fraction of sp³-hybridized carbons (Fsp3) is 0.167. The molecule has 0 atom stereocenters. The number of aromatic amines is 1. The van der Waals surface area contributed by atoms with Crippen molar-refractivity contribution in [1.82, 2.24) is 9.97 Å². The molecule has 0 amide bonds. The molecule has 28 heavy (non-hydrogen) atoms. The third kappa shape index (κ3) is 3.07. The molecule has 140 valence electrons. The number of hydrogen-bond acceptors (Lipinski definition) is 3. The van der Waals surface area contributed by atoms with Crippen molar-refractivity contribution in [3.8, 4) is 28.1 Å². The van der Waals surface area contributed by atoms with Crippen molar-refractivity contribution in [1.29, 1.82) is 0 Å². The molecule has 4 rings (SSSR count). The standard InChI is InChI=1S/C24H22N2O2/c1-14-5-8-17(9-6-14)18-10-12-19-21(13-18)23(28-4)16(3)26-22(19)20-11-7-15(2)25-24(20)27/h5-13H,1-4H3,(H,25,27). The van der Waals surface area contributed by atoms with E-state index < -0.39 is 0 Å². The highest BCUT2D eigenvalue weighted by Crippen LogP contribution is 2.36. The summed E-state index contributed by atoms with van der Waals surface area (Å²) in [5, 5.41) is 1.84. The Balaban J connectivity index is 2.00. The zero-order chi connectivity index (χ0) is 19.8. The molecule has 4 heteroatoms. The van der Waals surface area contributed by atoms with Crippen LogP contribution in [-0.2, 0) is 0 Å². The highest BCUT2D eigenvalue weighted by molar-refractivity contribution is 6.00. The van der Waals surface area contributed by atoms with Crippen molar-refractivity contribution in [2.24, 2.45) is 0 Å². The van der Waals surface area contributed by atoms with Crippen LogP contribution >= 0.6 is 0 Å². The first-order valence-corrected chi connectivity index (χ1v) is 9.23. The van der Waals surface area contributed by atoms with E-state index in [2.05, 4.69) is 48.3 Å². The zero-order valence-electron chi connectivity index (χ0n) is 16.5. The van der Waals surface area contributed by atoms with Crippen molar-refractivity contribution >= 4 is 10.8 Å². The molecule has 4 nitrogen and oxygen atoms in total. The summed E-state index contributed by atoms with van der Waals surface area (Å²) in [4.78, 5) is 20.1. The molecule has 0 saturated heterocycles. The van der Waals surface area contributed by atoms with Gasteiger partial charge in [0.2, 0.25) is 0 Å². The lowest BCUT2D eigenvalue weighted by atomic mass is 9.97. The van der Waals surface area contributed by atoms with Gasteiger partial charge in [0.15, 0.2) is 0 Å². The van der Waals surface area contributed by atoms with E-state index in [1.165, 1.54) is 5.56 Å². The molecular formula is C24H22N2O2. The van der Waals surface area contributed by atoms with E-state index in [0.29, 0.717) is 11.3 Å². The van der Waals surface area contributed by atoms with Crippen molar-refractivity contribution in [2.75, 3.05) is 7.11 Å². The first kappa shape index (κ1) is 18.0. The number of benzene rings is 2. The number of hydrogen-bond donors (Lipinski definition) is 1. The summed E-state index contributed by atoms with van der Waals surface area (Å²) in [7, 11) is 1.65. The number of aryl methyl sites for hydroxylation is 3. The Bertz CT molecular complexity index is 1240. The largest absolute Gasteiger partial charge is 0.494 e. The Morgan fingerprint density at radius 2 is 1.57 bits per heavy atom. The third-order valence-corrected chi connectivity index (χ3v) is 5.03. The van der Waals surface area contributed by atoms with Crippen LogP contribution in [0.1, 0.15) is 17.0 Å².